The molecule has 0 spiro atoms. The highest BCUT2D eigenvalue weighted by molar-refractivity contribution is 7.91. The monoisotopic (exact) mass is 589 g/mol. The van der Waals surface area contributed by atoms with Crippen molar-refractivity contribution >= 4 is 44.0 Å². The standard InChI is InChI=1S/C28H37F2N7O3S/c1-6-41(39,40)15-19-14-37(18(19)4)25-22-13-32-24(11-20(22)21(12-33-25)17(2)3)34-23-7-9-31-26(35-23)36-10-8-27(5,38)28(29,30)16-36/h7,9,11-13,17-19,38H,6,8,10,14-16H2,1-5H3,(H,31,32,34,35)/t18-,19-,27-/m1/s1. The molecular weight excluding hydrogens is 552 g/mol. The minimum absolute atomic E-state index is 0.0278. The van der Waals surface area contributed by atoms with Crippen LogP contribution in [0.5, 0.6) is 0 Å². The van der Waals surface area contributed by atoms with Crippen molar-refractivity contribution in [1.29, 1.82) is 0 Å². The average molecular weight is 590 g/mol. The number of fused-ring (bicyclic) bond motifs is 1. The summed E-state index contributed by atoms with van der Waals surface area (Å²) in [5.41, 5.74) is -1.03. The van der Waals surface area contributed by atoms with Gasteiger partial charge in [-0.05, 0) is 49.3 Å². The van der Waals surface area contributed by atoms with E-state index in [2.05, 4.69) is 39.0 Å². The first kappa shape index (κ1) is 29.3. The third-order valence-corrected chi connectivity index (χ3v) is 10.2. The van der Waals surface area contributed by atoms with E-state index in [0.717, 1.165) is 29.1 Å². The number of anilines is 4. The number of pyridine rings is 2. The van der Waals surface area contributed by atoms with Crippen LogP contribution in [-0.2, 0) is 9.84 Å². The van der Waals surface area contributed by atoms with Crippen molar-refractivity contribution in [2.45, 2.75) is 64.5 Å². The van der Waals surface area contributed by atoms with Gasteiger partial charge in [0.15, 0.2) is 0 Å². The summed E-state index contributed by atoms with van der Waals surface area (Å²) in [6, 6.07) is 3.59. The zero-order valence-corrected chi connectivity index (χ0v) is 24.8. The first-order valence-corrected chi connectivity index (χ1v) is 15.7. The molecule has 0 unspecified atom stereocenters. The second-order valence-corrected chi connectivity index (χ2v) is 14.1. The normalized spacial score (nSPS) is 24.5. The largest absolute Gasteiger partial charge is 0.384 e. The number of piperidine rings is 1. The first-order chi connectivity index (χ1) is 19.2. The van der Waals surface area contributed by atoms with Gasteiger partial charge in [0.1, 0.15) is 32.9 Å². The molecule has 3 aromatic rings. The molecule has 2 saturated heterocycles. The minimum atomic E-state index is -3.30. The Hall–Kier alpha value is -3.19. The molecular formula is C28H37F2N7O3S. The summed E-state index contributed by atoms with van der Waals surface area (Å²) in [6.45, 7) is 9.16. The Kier molecular flexibility index (Phi) is 7.56. The van der Waals surface area contributed by atoms with Gasteiger partial charge < -0.3 is 20.2 Å². The Bertz CT molecular complexity index is 1550. The molecule has 41 heavy (non-hydrogen) atoms. The van der Waals surface area contributed by atoms with Crippen molar-refractivity contribution in [3.05, 3.63) is 36.3 Å². The molecule has 2 fully saturated rings. The predicted molar refractivity (Wildman–Crippen MR) is 156 cm³/mol. The Morgan fingerprint density at radius 1 is 1.17 bits per heavy atom. The number of rotatable bonds is 8. The van der Waals surface area contributed by atoms with Gasteiger partial charge in [0, 0.05) is 54.8 Å². The van der Waals surface area contributed by atoms with Gasteiger partial charge in [-0.1, -0.05) is 20.8 Å². The number of hydrogen-bond acceptors (Lipinski definition) is 10. The Labute approximate surface area is 239 Å². The van der Waals surface area contributed by atoms with Crippen LogP contribution < -0.4 is 15.1 Å². The maximum absolute atomic E-state index is 14.5. The van der Waals surface area contributed by atoms with E-state index in [1.54, 1.807) is 19.2 Å². The van der Waals surface area contributed by atoms with E-state index in [1.165, 1.54) is 11.1 Å². The van der Waals surface area contributed by atoms with Crippen LogP contribution in [-0.4, -0.2) is 82.2 Å². The van der Waals surface area contributed by atoms with Crippen molar-refractivity contribution in [2.75, 3.05) is 46.3 Å². The van der Waals surface area contributed by atoms with Crippen LogP contribution in [0.1, 0.15) is 52.5 Å². The Morgan fingerprint density at radius 2 is 1.93 bits per heavy atom. The molecule has 2 aliphatic heterocycles. The van der Waals surface area contributed by atoms with Crippen LogP contribution in [0.4, 0.5) is 32.2 Å². The number of nitrogens with one attached hydrogen (secondary N) is 1. The van der Waals surface area contributed by atoms with Gasteiger partial charge in [0.2, 0.25) is 5.95 Å². The number of halogens is 2. The van der Waals surface area contributed by atoms with Crippen molar-refractivity contribution in [2.24, 2.45) is 5.92 Å². The fraction of sp³-hybridized carbons (Fsp3) is 0.571. The number of sulfone groups is 1. The number of nitrogens with zero attached hydrogens (tertiary/aromatic N) is 6. The lowest BCUT2D eigenvalue weighted by atomic mass is 9.90. The number of hydrogen-bond donors (Lipinski definition) is 2. The van der Waals surface area contributed by atoms with E-state index in [4.69, 9.17) is 4.98 Å². The SMILES string of the molecule is CCS(=O)(=O)C[C@H]1CN(c2ncc(C(C)C)c3cc(Nc4ccnc(N5CC[C@@](C)(O)C(F)(F)C5)n4)ncc23)[C@@H]1C. The smallest absolute Gasteiger partial charge is 0.293 e. The van der Waals surface area contributed by atoms with Gasteiger partial charge in [-0.3, -0.25) is 0 Å². The molecule has 0 radical (unpaired) electrons. The highest BCUT2D eigenvalue weighted by Crippen LogP contribution is 2.39. The van der Waals surface area contributed by atoms with Crippen LogP contribution in [0.3, 0.4) is 0 Å². The molecule has 0 saturated carbocycles. The molecule has 13 heteroatoms. The minimum Gasteiger partial charge on any atom is -0.384 e. The molecule has 0 aliphatic carbocycles. The Balaban J connectivity index is 1.40. The third-order valence-electron chi connectivity index (χ3n) is 8.42. The second-order valence-electron chi connectivity index (χ2n) is 11.7. The van der Waals surface area contributed by atoms with Crippen LogP contribution in [0.25, 0.3) is 10.8 Å². The summed E-state index contributed by atoms with van der Waals surface area (Å²) in [4.78, 5) is 21.5. The van der Waals surface area contributed by atoms with Gasteiger partial charge in [-0.25, -0.2) is 32.2 Å². The fourth-order valence-electron chi connectivity index (χ4n) is 5.40. The molecule has 10 nitrogen and oxygen atoms in total. The fourth-order valence-corrected chi connectivity index (χ4v) is 6.67. The van der Waals surface area contributed by atoms with Crippen LogP contribution in [0, 0.1) is 5.92 Å². The highest BCUT2D eigenvalue weighted by Gasteiger charge is 2.53. The van der Waals surface area contributed by atoms with E-state index >= 15 is 0 Å². The molecule has 0 aromatic carbocycles. The van der Waals surface area contributed by atoms with E-state index in [1.807, 2.05) is 19.2 Å². The molecule has 2 N–H and O–H groups in total. The van der Waals surface area contributed by atoms with E-state index in [-0.39, 0.29) is 48.3 Å². The topological polar surface area (TPSA) is 124 Å². The van der Waals surface area contributed by atoms with E-state index in [0.29, 0.717) is 18.2 Å². The van der Waals surface area contributed by atoms with Gasteiger partial charge in [0.05, 0.1) is 12.3 Å². The van der Waals surface area contributed by atoms with Crippen molar-refractivity contribution in [3.8, 4) is 0 Å². The lowest BCUT2D eigenvalue weighted by Gasteiger charge is -2.47. The summed E-state index contributed by atoms with van der Waals surface area (Å²) in [5.74, 6) is -0.904. The van der Waals surface area contributed by atoms with Gasteiger partial charge in [-0.2, -0.15) is 4.98 Å². The molecule has 222 valence electrons. The van der Waals surface area contributed by atoms with Crippen LogP contribution >= 0.6 is 0 Å². The summed E-state index contributed by atoms with van der Waals surface area (Å²) in [6.07, 6.45) is 5.01. The maximum atomic E-state index is 14.5. The van der Waals surface area contributed by atoms with Gasteiger partial charge >= 0.3 is 0 Å². The quantitative estimate of drug-likeness (QED) is 0.396. The number of alkyl halides is 2. The molecule has 3 atom stereocenters. The van der Waals surface area contributed by atoms with Crippen molar-refractivity contribution in [3.63, 3.8) is 0 Å². The summed E-state index contributed by atoms with van der Waals surface area (Å²) in [5, 5.41) is 15.1. The zero-order valence-electron chi connectivity index (χ0n) is 24.0. The lowest BCUT2D eigenvalue weighted by Crippen LogP contribution is -2.59. The third kappa shape index (κ3) is 5.66. The van der Waals surface area contributed by atoms with Crippen molar-refractivity contribution < 1.29 is 22.3 Å². The average Bonchev–Trinajstić information content (AvgIpc) is 2.91. The molecule has 0 amide bonds. The van der Waals surface area contributed by atoms with Crippen LogP contribution in [0.15, 0.2) is 30.7 Å². The van der Waals surface area contributed by atoms with E-state index < -0.39 is 27.9 Å². The second kappa shape index (κ2) is 10.6. The molecule has 0 bridgehead atoms. The number of aliphatic hydroxyl groups is 1. The van der Waals surface area contributed by atoms with E-state index in [9.17, 15) is 22.3 Å². The van der Waals surface area contributed by atoms with Crippen molar-refractivity contribution in [1.82, 2.24) is 19.9 Å². The molecule has 2 aliphatic rings. The summed E-state index contributed by atoms with van der Waals surface area (Å²) < 4.78 is 53.3. The van der Waals surface area contributed by atoms with Gasteiger partial charge in [-0.15, -0.1) is 0 Å². The zero-order chi connectivity index (χ0) is 29.7. The lowest BCUT2D eigenvalue weighted by molar-refractivity contribution is -0.177. The van der Waals surface area contributed by atoms with Gasteiger partial charge in [0.25, 0.3) is 5.92 Å². The number of aromatic nitrogens is 4. The highest BCUT2D eigenvalue weighted by atomic mass is 32.2. The summed E-state index contributed by atoms with van der Waals surface area (Å²) >= 11 is 0. The molecule has 5 heterocycles. The molecule has 3 aromatic heterocycles. The predicted octanol–water partition coefficient (Wildman–Crippen LogP) is 4.14. The molecule has 5 rings (SSSR count). The maximum Gasteiger partial charge on any atom is 0.293 e. The first-order valence-electron chi connectivity index (χ1n) is 13.9. The van der Waals surface area contributed by atoms with Crippen LogP contribution in [0.2, 0.25) is 0 Å². The summed E-state index contributed by atoms with van der Waals surface area (Å²) in [7, 11) is -3.06. The Morgan fingerprint density at radius 3 is 2.59 bits per heavy atom.